The van der Waals surface area contributed by atoms with Crippen LogP contribution in [0.2, 0.25) is 0 Å². The number of halogens is 1. The Hall–Kier alpha value is -2.60. The number of benzene rings is 2. The molecule has 2 N–H and O–H groups in total. The van der Waals surface area contributed by atoms with E-state index in [4.69, 9.17) is 0 Å². The number of carbonyl (C=O) groups excluding carboxylic acids is 1. The van der Waals surface area contributed by atoms with Gasteiger partial charge >= 0.3 is 6.03 Å². The lowest BCUT2D eigenvalue weighted by Gasteiger charge is -2.08. The first-order valence-corrected chi connectivity index (χ1v) is 9.77. The van der Waals surface area contributed by atoms with Gasteiger partial charge in [0.25, 0.3) is 0 Å². The number of aryl methyl sites for hydroxylation is 2. The molecule has 0 spiro atoms. The number of rotatable bonds is 7. The SMILES string of the molecule is Cc1ccc(CNC(=O)NCCCc2cnn(-c3ccccc3)c2)cc1Br. The molecule has 0 unspecified atom stereocenters. The summed E-state index contributed by atoms with van der Waals surface area (Å²) in [5, 5.41) is 10.2. The Morgan fingerprint density at radius 2 is 1.93 bits per heavy atom. The second-order valence-electron chi connectivity index (χ2n) is 6.43. The highest BCUT2D eigenvalue weighted by atomic mass is 79.9. The fourth-order valence-electron chi connectivity index (χ4n) is 2.70. The lowest BCUT2D eigenvalue weighted by atomic mass is 10.1. The second kappa shape index (κ2) is 9.37. The number of carbonyl (C=O) groups is 1. The Morgan fingerprint density at radius 1 is 1.11 bits per heavy atom. The third-order valence-electron chi connectivity index (χ3n) is 4.27. The number of amides is 2. The normalized spacial score (nSPS) is 10.6. The van der Waals surface area contributed by atoms with Crippen LogP contribution in [0.3, 0.4) is 0 Å². The van der Waals surface area contributed by atoms with Gasteiger partial charge in [-0.05, 0) is 54.7 Å². The van der Waals surface area contributed by atoms with E-state index < -0.39 is 0 Å². The van der Waals surface area contributed by atoms with E-state index in [2.05, 4.69) is 31.7 Å². The van der Waals surface area contributed by atoms with Gasteiger partial charge in [-0.15, -0.1) is 0 Å². The first kappa shape index (κ1) is 19.2. The Labute approximate surface area is 167 Å². The van der Waals surface area contributed by atoms with Gasteiger partial charge < -0.3 is 10.6 Å². The Balaban J connectivity index is 1.37. The molecule has 1 aromatic heterocycles. The van der Waals surface area contributed by atoms with Gasteiger partial charge in [0.15, 0.2) is 0 Å². The monoisotopic (exact) mass is 426 g/mol. The second-order valence-corrected chi connectivity index (χ2v) is 7.28. The number of hydrogen-bond donors (Lipinski definition) is 2. The molecule has 0 aliphatic carbocycles. The molecule has 140 valence electrons. The van der Waals surface area contributed by atoms with Crippen LogP contribution in [0.5, 0.6) is 0 Å². The van der Waals surface area contributed by atoms with E-state index in [1.54, 1.807) is 0 Å². The lowest BCUT2D eigenvalue weighted by Crippen LogP contribution is -2.35. The summed E-state index contributed by atoms with van der Waals surface area (Å²) in [6.07, 6.45) is 5.65. The molecule has 0 aliphatic heterocycles. The van der Waals surface area contributed by atoms with Crippen LogP contribution >= 0.6 is 15.9 Å². The molecule has 0 fully saturated rings. The minimum Gasteiger partial charge on any atom is -0.338 e. The Morgan fingerprint density at radius 3 is 2.70 bits per heavy atom. The summed E-state index contributed by atoms with van der Waals surface area (Å²) >= 11 is 3.51. The van der Waals surface area contributed by atoms with E-state index in [1.165, 1.54) is 5.56 Å². The number of hydrogen-bond acceptors (Lipinski definition) is 2. The first-order chi connectivity index (χ1) is 13.1. The van der Waals surface area contributed by atoms with Crippen LogP contribution in [-0.4, -0.2) is 22.4 Å². The largest absolute Gasteiger partial charge is 0.338 e. The van der Waals surface area contributed by atoms with Crippen molar-refractivity contribution in [3.05, 3.63) is 82.1 Å². The smallest absolute Gasteiger partial charge is 0.315 e. The Bertz CT molecular complexity index is 892. The highest BCUT2D eigenvalue weighted by molar-refractivity contribution is 9.10. The third kappa shape index (κ3) is 5.69. The van der Waals surface area contributed by atoms with Crippen molar-refractivity contribution in [3.63, 3.8) is 0 Å². The number of para-hydroxylation sites is 1. The van der Waals surface area contributed by atoms with Crippen LogP contribution in [0.15, 0.2) is 65.4 Å². The van der Waals surface area contributed by atoms with Crippen LogP contribution in [-0.2, 0) is 13.0 Å². The van der Waals surface area contributed by atoms with E-state index in [9.17, 15) is 4.79 Å². The minimum absolute atomic E-state index is 0.147. The molecule has 0 atom stereocenters. The molecule has 0 bridgehead atoms. The zero-order valence-electron chi connectivity index (χ0n) is 15.3. The van der Waals surface area contributed by atoms with E-state index >= 15 is 0 Å². The molecule has 27 heavy (non-hydrogen) atoms. The molecule has 0 radical (unpaired) electrons. The van der Waals surface area contributed by atoms with Crippen LogP contribution in [0.4, 0.5) is 4.79 Å². The van der Waals surface area contributed by atoms with Crippen molar-refractivity contribution in [2.24, 2.45) is 0 Å². The maximum atomic E-state index is 11.9. The summed E-state index contributed by atoms with van der Waals surface area (Å²) < 4.78 is 2.92. The van der Waals surface area contributed by atoms with Crippen LogP contribution in [0, 0.1) is 6.92 Å². The molecule has 6 heteroatoms. The van der Waals surface area contributed by atoms with E-state index in [0.29, 0.717) is 13.1 Å². The van der Waals surface area contributed by atoms with Gasteiger partial charge in [-0.2, -0.15) is 5.10 Å². The molecule has 2 aromatic carbocycles. The third-order valence-corrected chi connectivity index (χ3v) is 5.13. The predicted molar refractivity (Wildman–Crippen MR) is 111 cm³/mol. The van der Waals surface area contributed by atoms with Gasteiger partial charge in [-0.3, -0.25) is 0 Å². The Kier molecular flexibility index (Phi) is 6.65. The number of aromatic nitrogens is 2. The molecule has 5 nitrogen and oxygen atoms in total. The highest BCUT2D eigenvalue weighted by Crippen LogP contribution is 2.17. The molecule has 0 saturated carbocycles. The van der Waals surface area contributed by atoms with E-state index in [0.717, 1.165) is 34.1 Å². The molecule has 0 saturated heterocycles. The average molecular weight is 427 g/mol. The number of nitrogens with zero attached hydrogens (tertiary/aromatic N) is 2. The van der Waals surface area contributed by atoms with Crippen LogP contribution in [0.1, 0.15) is 23.1 Å². The maximum absolute atomic E-state index is 11.9. The number of nitrogens with one attached hydrogen (secondary N) is 2. The number of urea groups is 1. The quantitative estimate of drug-likeness (QED) is 0.550. The molecular weight excluding hydrogens is 404 g/mol. The van der Waals surface area contributed by atoms with Gasteiger partial charge in [0.05, 0.1) is 11.9 Å². The van der Waals surface area contributed by atoms with Gasteiger partial charge in [-0.1, -0.05) is 46.3 Å². The summed E-state index contributed by atoms with van der Waals surface area (Å²) in [5.41, 5.74) is 4.45. The zero-order chi connectivity index (χ0) is 19.1. The molecule has 2 amide bonds. The van der Waals surface area contributed by atoms with Gasteiger partial charge in [0.1, 0.15) is 0 Å². The highest BCUT2D eigenvalue weighted by Gasteiger charge is 2.03. The average Bonchev–Trinajstić information content (AvgIpc) is 3.16. The molecular formula is C21H23BrN4O. The van der Waals surface area contributed by atoms with Crippen molar-refractivity contribution >= 4 is 22.0 Å². The lowest BCUT2D eigenvalue weighted by molar-refractivity contribution is 0.240. The van der Waals surface area contributed by atoms with Crippen LogP contribution < -0.4 is 10.6 Å². The van der Waals surface area contributed by atoms with E-state index in [-0.39, 0.29) is 6.03 Å². The van der Waals surface area contributed by atoms with Crippen molar-refractivity contribution in [1.29, 1.82) is 0 Å². The van der Waals surface area contributed by atoms with Crippen molar-refractivity contribution in [1.82, 2.24) is 20.4 Å². The van der Waals surface area contributed by atoms with Gasteiger partial charge in [-0.25, -0.2) is 9.48 Å². The molecule has 0 aliphatic rings. The topological polar surface area (TPSA) is 59.0 Å². The van der Waals surface area contributed by atoms with Gasteiger partial charge in [0.2, 0.25) is 0 Å². The first-order valence-electron chi connectivity index (χ1n) is 8.97. The van der Waals surface area contributed by atoms with Crippen molar-refractivity contribution in [2.45, 2.75) is 26.3 Å². The van der Waals surface area contributed by atoms with E-state index in [1.807, 2.05) is 72.5 Å². The predicted octanol–water partition coefficient (Wildman–Crippen LogP) is 4.38. The molecule has 1 heterocycles. The van der Waals surface area contributed by atoms with Crippen molar-refractivity contribution in [3.8, 4) is 5.69 Å². The minimum atomic E-state index is -0.147. The maximum Gasteiger partial charge on any atom is 0.315 e. The summed E-state index contributed by atoms with van der Waals surface area (Å²) in [4.78, 5) is 11.9. The summed E-state index contributed by atoms with van der Waals surface area (Å²) in [7, 11) is 0. The summed E-state index contributed by atoms with van der Waals surface area (Å²) in [5.74, 6) is 0. The standard InChI is InChI=1S/C21H23BrN4O/c1-16-9-10-17(12-20(16)22)13-24-21(27)23-11-5-6-18-14-25-26(15-18)19-7-3-2-4-8-19/h2-4,7-10,12,14-15H,5-6,11,13H2,1H3,(H2,23,24,27). The van der Waals surface area contributed by atoms with Crippen molar-refractivity contribution in [2.75, 3.05) is 6.54 Å². The molecule has 3 aromatic rings. The van der Waals surface area contributed by atoms with Crippen LogP contribution in [0.25, 0.3) is 5.69 Å². The van der Waals surface area contributed by atoms with Crippen molar-refractivity contribution < 1.29 is 4.79 Å². The fourth-order valence-corrected chi connectivity index (χ4v) is 3.12. The summed E-state index contributed by atoms with van der Waals surface area (Å²) in [6.45, 7) is 3.17. The fraction of sp³-hybridized carbons (Fsp3) is 0.238. The summed E-state index contributed by atoms with van der Waals surface area (Å²) in [6, 6.07) is 16.0. The molecule has 3 rings (SSSR count). The van der Waals surface area contributed by atoms with Gasteiger partial charge in [0, 0.05) is 23.8 Å². The zero-order valence-corrected chi connectivity index (χ0v) is 16.9.